The van der Waals surface area contributed by atoms with Crippen LogP contribution in [0.3, 0.4) is 0 Å². The molecule has 5 nitrogen and oxygen atoms in total. The van der Waals surface area contributed by atoms with Crippen LogP contribution in [0.5, 0.6) is 0 Å². The van der Waals surface area contributed by atoms with Crippen molar-refractivity contribution in [2.75, 3.05) is 5.32 Å². The molecule has 0 bridgehead atoms. The highest BCUT2D eigenvalue weighted by Gasteiger charge is 2.08. The SMILES string of the molecule is c1ccc(Nc2nc3cccc(-c4cccnc4)n3n2)cc1. The molecule has 106 valence electrons. The largest absolute Gasteiger partial charge is 0.323 e. The minimum Gasteiger partial charge on any atom is -0.323 e. The van der Waals surface area contributed by atoms with Crippen LogP contribution in [0.2, 0.25) is 0 Å². The molecular weight excluding hydrogens is 274 g/mol. The van der Waals surface area contributed by atoms with E-state index in [9.17, 15) is 0 Å². The van der Waals surface area contributed by atoms with Crippen molar-refractivity contribution in [1.29, 1.82) is 0 Å². The smallest absolute Gasteiger partial charge is 0.247 e. The zero-order valence-corrected chi connectivity index (χ0v) is 11.7. The predicted octanol–water partition coefficient (Wildman–Crippen LogP) is 3.53. The van der Waals surface area contributed by atoms with Crippen molar-refractivity contribution in [3.8, 4) is 11.3 Å². The molecule has 0 fully saturated rings. The van der Waals surface area contributed by atoms with Gasteiger partial charge in [0.15, 0.2) is 5.65 Å². The maximum atomic E-state index is 4.55. The van der Waals surface area contributed by atoms with Crippen molar-refractivity contribution >= 4 is 17.3 Å². The van der Waals surface area contributed by atoms with Crippen LogP contribution in [0.25, 0.3) is 16.9 Å². The number of nitrogens with zero attached hydrogens (tertiary/aromatic N) is 4. The van der Waals surface area contributed by atoms with Crippen LogP contribution < -0.4 is 5.32 Å². The number of hydrogen-bond donors (Lipinski definition) is 1. The van der Waals surface area contributed by atoms with Crippen molar-refractivity contribution in [2.24, 2.45) is 0 Å². The third kappa shape index (κ3) is 2.29. The number of pyridine rings is 2. The molecule has 22 heavy (non-hydrogen) atoms. The summed E-state index contributed by atoms with van der Waals surface area (Å²) >= 11 is 0. The Balaban J connectivity index is 1.78. The Morgan fingerprint density at radius 3 is 2.59 bits per heavy atom. The van der Waals surface area contributed by atoms with E-state index in [1.54, 1.807) is 6.20 Å². The topological polar surface area (TPSA) is 55.1 Å². The number of fused-ring (bicyclic) bond motifs is 1. The van der Waals surface area contributed by atoms with Crippen LogP contribution in [-0.4, -0.2) is 19.6 Å². The van der Waals surface area contributed by atoms with Crippen molar-refractivity contribution in [3.05, 3.63) is 73.1 Å². The van der Waals surface area contributed by atoms with E-state index in [2.05, 4.69) is 20.4 Å². The van der Waals surface area contributed by atoms with Gasteiger partial charge in [-0.2, -0.15) is 4.98 Å². The second kappa shape index (κ2) is 5.29. The molecule has 0 amide bonds. The molecule has 0 unspecified atom stereocenters. The molecule has 0 saturated heterocycles. The van der Waals surface area contributed by atoms with Gasteiger partial charge in [0.1, 0.15) is 0 Å². The molecule has 3 heterocycles. The van der Waals surface area contributed by atoms with Crippen LogP contribution in [-0.2, 0) is 0 Å². The fourth-order valence-electron chi connectivity index (χ4n) is 2.34. The molecule has 0 saturated carbocycles. The third-order valence-corrected chi connectivity index (χ3v) is 3.35. The van der Waals surface area contributed by atoms with Crippen LogP contribution in [0.15, 0.2) is 73.1 Å². The van der Waals surface area contributed by atoms with Crippen LogP contribution in [0, 0.1) is 0 Å². The number of nitrogens with one attached hydrogen (secondary N) is 1. The van der Waals surface area contributed by atoms with Gasteiger partial charge < -0.3 is 5.32 Å². The summed E-state index contributed by atoms with van der Waals surface area (Å²) < 4.78 is 1.82. The molecule has 0 aliphatic heterocycles. The highest BCUT2D eigenvalue weighted by molar-refractivity contribution is 5.63. The second-order valence-electron chi connectivity index (χ2n) is 4.85. The quantitative estimate of drug-likeness (QED) is 0.626. The normalized spacial score (nSPS) is 10.7. The Kier molecular flexibility index (Phi) is 3.01. The van der Waals surface area contributed by atoms with Gasteiger partial charge in [-0.15, -0.1) is 5.10 Å². The van der Waals surface area contributed by atoms with Gasteiger partial charge in [-0.25, -0.2) is 4.52 Å². The molecule has 1 aromatic carbocycles. The lowest BCUT2D eigenvalue weighted by molar-refractivity contribution is 0.972. The van der Waals surface area contributed by atoms with Gasteiger partial charge in [0, 0.05) is 23.6 Å². The zero-order valence-electron chi connectivity index (χ0n) is 11.7. The summed E-state index contributed by atoms with van der Waals surface area (Å²) in [7, 11) is 0. The lowest BCUT2D eigenvalue weighted by atomic mass is 10.2. The summed E-state index contributed by atoms with van der Waals surface area (Å²) in [5, 5.41) is 7.76. The number of rotatable bonds is 3. The van der Waals surface area contributed by atoms with E-state index < -0.39 is 0 Å². The van der Waals surface area contributed by atoms with E-state index in [0.717, 1.165) is 22.6 Å². The predicted molar refractivity (Wildman–Crippen MR) is 85.9 cm³/mol. The molecule has 4 rings (SSSR count). The molecule has 0 radical (unpaired) electrons. The monoisotopic (exact) mass is 287 g/mol. The summed E-state index contributed by atoms with van der Waals surface area (Å²) in [6, 6.07) is 19.7. The van der Waals surface area contributed by atoms with Crippen molar-refractivity contribution in [2.45, 2.75) is 0 Å². The minimum absolute atomic E-state index is 0.572. The molecule has 0 atom stereocenters. The van der Waals surface area contributed by atoms with Gasteiger partial charge in [-0.1, -0.05) is 24.3 Å². The Hall–Kier alpha value is -3.21. The van der Waals surface area contributed by atoms with Gasteiger partial charge in [0.05, 0.1) is 5.69 Å². The highest BCUT2D eigenvalue weighted by Crippen LogP contribution is 2.20. The summed E-state index contributed by atoms with van der Waals surface area (Å²) in [5.74, 6) is 0.572. The molecule has 0 aliphatic carbocycles. The Morgan fingerprint density at radius 2 is 1.77 bits per heavy atom. The van der Waals surface area contributed by atoms with Crippen molar-refractivity contribution in [3.63, 3.8) is 0 Å². The molecule has 5 heteroatoms. The fourth-order valence-corrected chi connectivity index (χ4v) is 2.34. The standard InChI is InChI=1S/C17H13N5/c1-2-7-14(8-3-1)19-17-20-16-10-4-9-15(22(16)21-17)13-6-5-11-18-12-13/h1-12H,(H,19,21). The third-order valence-electron chi connectivity index (χ3n) is 3.35. The second-order valence-corrected chi connectivity index (χ2v) is 4.85. The first-order valence-electron chi connectivity index (χ1n) is 6.98. The van der Waals surface area contributed by atoms with E-state index in [-0.39, 0.29) is 0 Å². The zero-order chi connectivity index (χ0) is 14.8. The van der Waals surface area contributed by atoms with Gasteiger partial charge in [-0.3, -0.25) is 4.98 Å². The van der Waals surface area contributed by atoms with E-state index in [0.29, 0.717) is 5.95 Å². The summed E-state index contributed by atoms with van der Waals surface area (Å²) in [6.07, 6.45) is 3.58. The average molecular weight is 287 g/mol. The maximum Gasteiger partial charge on any atom is 0.247 e. The summed E-state index contributed by atoms with van der Waals surface area (Å²) in [4.78, 5) is 8.68. The highest BCUT2D eigenvalue weighted by atomic mass is 15.4. The average Bonchev–Trinajstić information content (AvgIpc) is 2.99. The van der Waals surface area contributed by atoms with E-state index >= 15 is 0 Å². The van der Waals surface area contributed by atoms with Crippen molar-refractivity contribution < 1.29 is 0 Å². The molecule has 1 N–H and O–H groups in total. The molecule has 3 aromatic heterocycles. The van der Waals surface area contributed by atoms with Crippen LogP contribution >= 0.6 is 0 Å². The Labute approximate surface area is 127 Å². The lowest BCUT2D eigenvalue weighted by Crippen LogP contribution is -1.95. The minimum atomic E-state index is 0.572. The molecule has 4 aromatic rings. The Bertz CT molecular complexity index is 900. The van der Waals surface area contributed by atoms with E-state index in [4.69, 9.17) is 0 Å². The summed E-state index contributed by atoms with van der Waals surface area (Å²) in [5.41, 5.74) is 3.71. The summed E-state index contributed by atoms with van der Waals surface area (Å²) in [6.45, 7) is 0. The van der Waals surface area contributed by atoms with Gasteiger partial charge >= 0.3 is 0 Å². The number of hydrogen-bond acceptors (Lipinski definition) is 4. The van der Waals surface area contributed by atoms with Crippen molar-refractivity contribution in [1.82, 2.24) is 19.6 Å². The van der Waals surface area contributed by atoms with Crippen LogP contribution in [0.1, 0.15) is 0 Å². The van der Waals surface area contributed by atoms with Crippen LogP contribution in [0.4, 0.5) is 11.6 Å². The van der Waals surface area contributed by atoms with Gasteiger partial charge in [-0.05, 0) is 36.4 Å². The van der Waals surface area contributed by atoms with Gasteiger partial charge in [0.25, 0.3) is 0 Å². The molecule has 0 spiro atoms. The van der Waals surface area contributed by atoms with E-state index in [1.807, 2.05) is 71.4 Å². The first-order chi connectivity index (χ1) is 10.9. The fraction of sp³-hybridized carbons (Fsp3) is 0. The molecular formula is C17H13N5. The number of aromatic nitrogens is 4. The number of benzene rings is 1. The number of anilines is 2. The first kappa shape index (κ1) is 12.5. The number of para-hydroxylation sites is 1. The van der Waals surface area contributed by atoms with E-state index in [1.165, 1.54) is 0 Å². The maximum absolute atomic E-state index is 4.55. The lowest BCUT2D eigenvalue weighted by Gasteiger charge is -2.02. The first-order valence-corrected chi connectivity index (χ1v) is 6.98. The Morgan fingerprint density at radius 1 is 0.864 bits per heavy atom. The van der Waals surface area contributed by atoms with Gasteiger partial charge in [0.2, 0.25) is 5.95 Å². The molecule has 0 aliphatic rings.